The monoisotopic (exact) mass is 637 g/mol. The van der Waals surface area contributed by atoms with Gasteiger partial charge in [-0.25, -0.2) is 0 Å². The first-order valence-corrected chi connectivity index (χ1v) is 28.5. The zero-order valence-electron chi connectivity index (χ0n) is 30.2. The van der Waals surface area contributed by atoms with E-state index >= 15 is 0 Å². The number of hydrogen-bond donors (Lipinski definition) is 4. The molecule has 0 aliphatic rings. The molecule has 0 spiro atoms. The average molecular weight is 637 g/mol. The molecule has 0 aliphatic heterocycles. The van der Waals surface area contributed by atoms with Gasteiger partial charge in [0.25, 0.3) is 0 Å². The second-order valence-electron chi connectivity index (χ2n) is 15.4. The Morgan fingerprint density at radius 1 is 0.750 bits per heavy atom. The highest BCUT2D eigenvalue weighted by molar-refractivity contribution is 6.82. The summed E-state index contributed by atoms with van der Waals surface area (Å²) in [6.45, 7) is 39.9. The van der Waals surface area contributed by atoms with Gasteiger partial charge in [-0.15, -0.1) is 6.58 Å². The van der Waals surface area contributed by atoms with E-state index < -0.39 is 32.8 Å². The molecule has 0 aromatic carbocycles. The molecule has 0 saturated carbocycles. The van der Waals surface area contributed by atoms with Crippen LogP contribution in [0.2, 0.25) is 77.1 Å². The van der Waals surface area contributed by atoms with Gasteiger partial charge in [0.1, 0.15) is 0 Å². The molecule has 1 unspecified atom stereocenters. The van der Waals surface area contributed by atoms with E-state index in [4.69, 9.17) is 20.3 Å². The molecule has 0 aliphatic carbocycles. The Balaban J connectivity index is -0.000000586. The fourth-order valence-electron chi connectivity index (χ4n) is 4.84. The van der Waals surface area contributed by atoms with Gasteiger partial charge in [-0.3, -0.25) is 0 Å². The van der Waals surface area contributed by atoms with Crippen molar-refractivity contribution in [1.29, 1.82) is 0 Å². The minimum Gasteiger partial charge on any atom is -0.415 e. The Labute approximate surface area is 256 Å². The van der Waals surface area contributed by atoms with Gasteiger partial charge in [-0.05, 0) is 119 Å². The maximum Gasteiger partial charge on any atom is 0.187 e. The zero-order valence-corrected chi connectivity index (χ0v) is 34.2. The number of nitrogens with two attached hydrogens (primary N) is 2. The van der Waals surface area contributed by atoms with Crippen molar-refractivity contribution in [3.05, 3.63) is 12.7 Å². The van der Waals surface area contributed by atoms with Gasteiger partial charge >= 0.3 is 0 Å². The highest BCUT2D eigenvalue weighted by atomic mass is 28.4. The molecule has 0 heterocycles. The van der Waals surface area contributed by atoms with Crippen LogP contribution in [0.4, 0.5) is 0 Å². The van der Waals surface area contributed by atoms with Crippen LogP contribution in [0.3, 0.4) is 0 Å². The molecule has 0 fully saturated rings. The third-order valence-corrected chi connectivity index (χ3v) is 22.3. The van der Waals surface area contributed by atoms with Crippen molar-refractivity contribution in [3.8, 4) is 0 Å². The van der Waals surface area contributed by atoms with E-state index in [0.717, 1.165) is 51.0 Å². The minimum atomic E-state index is -1.59. The summed E-state index contributed by atoms with van der Waals surface area (Å²) in [5, 5.41) is 6.30. The van der Waals surface area contributed by atoms with Crippen LogP contribution in [0.5, 0.6) is 0 Å². The Bertz CT molecular complexity index is 652. The fraction of sp³-hybridized carbons (Fsp3) is 0.933. The Morgan fingerprint density at radius 3 is 1.55 bits per heavy atom. The molecule has 0 aromatic heterocycles. The topological polar surface area (TPSA) is 94.6 Å². The molecule has 0 rings (SSSR count). The van der Waals surface area contributed by atoms with Crippen LogP contribution >= 0.6 is 0 Å². The van der Waals surface area contributed by atoms with Gasteiger partial charge in [0, 0.05) is 17.0 Å². The van der Waals surface area contributed by atoms with Crippen molar-refractivity contribution in [2.75, 3.05) is 40.3 Å². The molecular weight excluding hydrogens is 561 g/mol. The smallest absolute Gasteiger partial charge is 0.187 e. The van der Waals surface area contributed by atoms with Crippen LogP contribution in [0, 0.1) is 5.92 Å². The summed E-state index contributed by atoms with van der Waals surface area (Å²) in [5.74, 6) is 0.742. The Morgan fingerprint density at radius 2 is 1.20 bits per heavy atom. The molecule has 0 amide bonds. The van der Waals surface area contributed by atoms with Crippen molar-refractivity contribution in [2.24, 2.45) is 17.4 Å². The van der Waals surface area contributed by atoms with E-state index in [9.17, 15) is 0 Å². The SMILES string of the molecule is C=CCNC.CC(C)(O[Si](C)(C)CCCN)[Si](C)(C)CCCN.CNCC(C)C[Si](C)(C)C(C)(C)O[Si](C)(C)C. The van der Waals surface area contributed by atoms with E-state index in [1.165, 1.54) is 12.1 Å². The summed E-state index contributed by atoms with van der Waals surface area (Å²) in [5.41, 5.74) is 11.3. The predicted octanol–water partition coefficient (Wildman–Crippen LogP) is 7.04. The quantitative estimate of drug-likeness (QED) is 0.0952. The van der Waals surface area contributed by atoms with Crippen LogP contribution in [0.25, 0.3) is 0 Å². The van der Waals surface area contributed by atoms with Crippen LogP contribution in [0.15, 0.2) is 12.7 Å². The number of rotatable bonds is 18. The van der Waals surface area contributed by atoms with E-state index in [0.29, 0.717) is 0 Å². The lowest BCUT2D eigenvalue weighted by atomic mass is 10.2. The maximum atomic E-state index is 6.59. The summed E-state index contributed by atoms with van der Waals surface area (Å²) < 4.78 is 13.0. The highest BCUT2D eigenvalue weighted by Gasteiger charge is 2.44. The Hall–Kier alpha value is 0.368. The number of nitrogens with one attached hydrogen (secondary N) is 2. The normalized spacial score (nSPS) is 14.1. The summed E-state index contributed by atoms with van der Waals surface area (Å²) in [6, 6.07) is 3.73. The summed E-state index contributed by atoms with van der Waals surface area (Å²) in [6.07, 6.45) is 4.02. The van der Waals surface area contributed by atoms with E-state index in [-0.39, 0.29) is 10.4 Å². The van der Waals surface area contributed by atoms with Gasteiger partial charge in [-0.1, -0.05) is 51.3 Å². The summed E-state index contributed by atoms with van der Waals surface area (Å²) in [7, 11) is -1.88. The molecule has 10 heteroatoms. The fourth-order valence-corrected chi connectivity index (χ4v) is 16.9. The van der Waals surface area contributed by atoms with Gasteiger partial charge < -0.3 is 31.0 Å². The molecule has 40 heavy (non-hydrogen) atoms. The molecular formula is C30H76N4O2Si4. The zero-order chi connectivity index (χ0) is 32.5. The lowest BCUT2D eigenvalue weighted by Crippen LogP contribution is -2.57. The van der Waals surface area contributed by atoms with Gasteiger partial charge in [0.05, 0.1) is 16.1 Å². The van der Waals surface area contributed by atoms with Crippen molar-refractivity contribution in [3.63, 3.8) is 0 Å². The van der Waals surface area contributed by atoms with Crippen molar-refractivity contribution < 1.29 is 8.85 Å². The molecule has 0 aromatic rings. The second-order valence-corrected chi connectivity index (χ2v) is 34.9. The number of hydrogen-bond acceptors (Lipinski definition) is 6. The Kier molecular flexibility index (Phi) is 22.8. The number of likely N-dealkylation sites (N-methyl/N-ethyl adjacent to an activating group) is 1. The minimum absolute atomic E-state index is 0.0342. The molecule has 6 nitrogen and oxygen atoms in total. The van der Waals surface area contributed by atoms with Gasteiger partial charge in [0.15, 0.2) is 16.6 Å². The molecule has 0 saturated heterocycles. The largest absolute Gasteiger partial charge is 0.415 e. The molecule has 0 radical (unpaired) electrons. The van der Waals surface area contributed by atoms with E-state index in [1.807, 2.05) is 20.2 Å². The third-order valence-electron chi connectivity index (χ3n) is 8.10. The van der Waals surface area contributed by atoms with Crippen LogP contribution < -0.4 is 22.1 Å². The van der Waals surface area contributed by atoms with Gasteiger partial charge in [-0.2, -0.15) is 0 Å². The van der Waals surface area contributed by atoms with Gasteiger partial charge in [0.2, 0.25) is 0 Å². The van der Waals surface area contributed by atoms with Crippen molar-refractivity contribution >= 4 is 32.8 Å². The first-order chi connectivity index (χ1) is 17.9. The van der Waals surface area contributed by atoms with Crippen LogP contribution in [0.1, 0.15) is 47.5 Å². The molecule has 0 bridgehead atoms. The lowest BCUT2D eigenvalue weighted by molar-refractivity contribution is 0.172. The molecule has 1 atom stereocenters. The van der Waals surface area contributed by atoms with E-state index in [1.54, 1.807) is 0 Å². The summed E-state index contributed by atoms with van der Waals surface area (Å²) >= 11 is 0. The van der Waals surface area contributed by atoms with Crippen molar-refractivity contribution in [1.82, 2.24) is 10.6 Å². The lowest BCUT2D eigenvalue weighted by Gasteiger charge is -2.45. The first kappa shape index (κ1) is 44.8. The average Bonchev–Trinajstić information content (AvgIpc) is 2.75. The first-order valence-electron chi connectivity index (χ1n) is 15.6. The van der Waals surface area contributed by atoms with Crippen LogP contribution in [-0.4, -0.2) is 83.5 Å². The maximum absolute atomic E-state index is 6.59. The van der Waals surface area contributed by atoms with Crippen LogP contribution in [-0.2, 0) is 8.85 Å². The summed E-state index contributed by atoms with van der Waals surface area (Å²) in [4.78, 5) is 0. The predicted molar refractivity (Wildman–Crippen MR) is 195 cm³/mol. The second kappa shape index (κ2) is 20.3. The third kappa shape index (κ3) is 21.1. The van der Waals surface area contributed by atoms with E-state index in [2.05, 4.69) is 111 Å². The standard InChI is InChI=1S/C13H34N2OSi2.C13H33NOSi2.C4H9N/c1-13(2,17(3,4)11-7-9-14)16-18(5,6)12-8-10-15;1-12(10-14-4)11-17(8,9)13(2,3)15-16(5,6)7;1-3-4-5-2/h7-12,14-15H2,1-6H3;12,14H,10-11H2,1-9H3;3,5H,1,4H2,2H3. The molecule has 6 N–H and O–H groups in total. The highest BCUT2D eigenvalue weighted by Crippen LogP contribution is 2.34. The molecule has 244 valence electrons. The van der Waals surface area contributed by atoms with Crippen molar-refractivity contribution in [2.45, 2.75) is 135 Å².